The molecule has 1 amide bonds. The highest BCUT2D eigenvalue weighted by Gasteiger charge is 2.45. The third kappa shape index (κ3) is 3.98. The molecule has 3 rings (SSSR count). The van der Waals surface area contributed by atoms with E-state index >= 15 is 0 Å². The second-order valence-electron chi connectivity index (χ2n) is 7.72. The molecule has 2 aliphatic heterocycles. The summed E-state index contributed by atoms with van der Waals surface area (Å²) in [6, 6.07) is 7.77. The van der Waals surface area contributed by atoms with Crippen LogP contribution in [0.2, 0.25) is 0 Å². The Kier molecular flexibility index (Phi) is 5.35. The third-order valence-corrected chi connectivity index (χ3v) is 5.60. The van der Waals surface area contributed by atoms with Crippen LogP contribution in [0.15, 0.2) is 24.3 Å². The van der Waals surface area contributed by atoms with Crippen LogP contribution in [0.3, 0.4) is 0 Å². The fraction of sp³-hybridized carbons (Fsp3) is 0.650. The first-order chi connectivity index (χ1) is 11.9. The number of carbonyl (C=O) groups is 1. The van der Waals surface area contributed by atoms with Crippen molar-refractivity contribution in [3.05, 3.63) is 29.8 Å². The highest BCUT2D eigenvalue weighted by atomic mass is 16.5. The maximum absolute atomic E-state index is 12.3. The van der Waals surface area contributed by atoms with Gasteiger partial charge in [-0.2, -0.15) is 0 Å². The summed E-state index contributed by atoms with van der Waals surface area (Å²) in [5.41, 5.74) is 0.810. The zero-order valence-corrected chi connectivity index (χ0v) is 15.6. The van der Waals surface area contributed by atoms with Gasteiger partial charge in [-0.25, -0.2) is 0 Å². The van der Waals surface area contributed by atoms with Gasteiger partial charge in [0.15, 0.2) is 0 Å². The van der Waals surface area contributed by atoms with E-state index in [4.69, 9.17) is 4.74 Å². The van der Waals surface area contributed by atoms with Crippen LogP contribution in [0, 0.1) is 0 Å². The van der Waals surface area contributed by atoms with Gasteiger partial charge in [0.1, 0.15) is 11.9 Å². The molecule has 2 aliphatic rings. The van der Waals surface area contributed by atoms with E-state index in [1.807, 2.05) is 30.0 Å². The highest BCUT2D eigenvalue weighted by Crippen LogP contribution is 2.33. The van der Waals surface area contributed by atoms with Gasteiger partial charge in [0.05, 0.1) is 12.1 Å². The molecule has 25 heavy (non-hydrogen) atoms. The summed E-state index contributed by atoms with van der Waals surface area (Å²) in [5, 5.41) is 9.90. The van der Waals surface area contributed by atoms with Crippen LogP contribution < -0.4 is 0 Å². The van der Waals surface area contributed by atoms with Crippen LogP contribution in [0.5, 0.6) is 5.75 Å². The van der Waals surface area contributed by atoms with E-state index in [0.29, 0.717) is 12.3 Å². The minimum Gasteiger partial charge on any atom is -0.508 e. The lowest BCUT2D eigenvalue weighted by Crippen LogP contribution is -2.62. The van der Waals surface area contributed by atoms with Gasteiger partial charge in [0, 0.05) is 25.7 Å². The van der Waals surface area contributed by atoms with Crippen LogP contribution in [0.4, 0.5) is 0 Å². The van der Waals surface area contributed by atoms with Crippen molar-refractivity contribution < 1.29 is 14.6 Å². The van der Waals surface area contributed by atoms with Gasteiger partial charge in [0.25, 0.3) is 5.91 Å². The number of nitrogens with zero attached hydrogens (tertiary/aromatic N) is 2. The summed E-state index contributed by atoms with van der Waals surface area (Å²) < 4.78 is 6.18. The number of hydrogen-bond acceptors (Lipinski definition) is 4. The number of piperidine rings is 1. The molecule has 1 aromatic carbocycles. The summed E-state index contributed by atoms with van der Waals surface area (Å²) in [5.74, 6) is 0.495. The molecule has 1 N–H and O–H groups in total. The van der Waals surface area contributed by atoms with Crippen LogP contribution >= 0.6 is 0 Å². The number of amides is 1. The smallest absolute Gasteiger partial charge is 0.251 e. The number of aromatic hydroxyl groups is 1. The minimum atomic E-state index is -0.344. The predicted molar refractivity (Wildman–Crippen MR) is 97.6 cm³/mol. The van der Waals surface area contributed by atoms with E-state index < -0.39 is 0 Å². The molecule has 2 heterocycles. The lowest BCUT2D eigenvalue weighted by atomic mass is 9.88. The zero-order chi connectivity index (χ0) is 18.0. The topological polar surface area (TPSA) is 53.0 Å². The van der Waals surface area contributed by atoms with Crippen molar-refractivity contribution >= 4 is 5.91 Å². The molecule has 1 atom stereocenters. The first kappa shape index (κ1) is 18.2. The zero-order valence-electron chi connectivity index (χ0n) is 15.6. The lowest BCUT2D eigenvalue weighted by molar-refractivity contribution is -0.192. The second-order valence-corrected chi connectivity index (χ2v) is 7.72. The van der Waals surface area contributed by atoms with Gasteiger partial charge in [0.2, 0.25) is 0 Å². The van der Waals surface area contributed by atoms with E-state index in [1.54, 1.807) is 6.07 Å². The lowest BCUT2D eigenvalue weighted by Gasteiger charge is -2.50. The Morgan fingerprint density at radius 1 is 1.28 bits per heavy atom. The number of carbonyl (C=O) groups excluding carboxylic acids is 1. The van der Waals surface area contributed by atoms with Gasteiger partial charge in [-0.3, -0.25) is 4.79 Å². The number of rotatable bonds is 4. The Bertz CT molecular complexity index is 609. The van der Waals surface area contributed by atoms with Crippen molar-refractivity contribution in [2.24, 2.45) is 0 Å². The van der Waals surface area contributed by atoms with Gasteiger partial charge >= 0.3 is 0 Å². The molecular formula is C20H30N2O3. The normalized spacial score (nSPS) is 24.2. The summed E-state index contributed by atoms with van der Waals surface area (Å²) >= 11 is 0. The van der Waals surface area contributed by atoms with E-state index in [2.05, 4.69) is 18.7 Å². The molecular weight excluding hydrogens is 316 g/mol. The molecule has 0 aromatic heterocycles. The number of benzene rings is 1. The molecule has 138 valence electrons. The number of morpholine rings is 1. The van der Waals surface area contributed by atoms with Gasteiger partial charge < -0.3 is 19.6 Å². The molecule has 1 spiro atoms. The van der Waals surface area contributed by atoms with E-state index in [0.717, 1.165) is 44.5 Å². The number of para-hydroxylation sites is 1. The summed E-state index contributed by atoms with van der Waals surface area (Å²) in [6.45, 7) is 9.62. The minimum absolute atomic E-state index is 0.114. The third-order valence-electron chi connectivity index (χ3n) is 5.60. The molecule has 0 radical (unpaired) electrons. The molecule has 1 unspecified atom stereocenters. The standard InChI is InChI=1S/C20H30N2O3/c1-15(2)22-14-20(25-16(3)19(22)24)9-12-21(13-10-20)11-8-17-6-4-5-7-18(17)23/h4-7,15-16,23H,8-14H2,1-3H3. The number of hydrogen-bond donors (Lipinski definition) is 1. The number of ether oxygens (including phenoxy) is 1. The predicted octanol–water partition coefficient (Wildman–Crippen LogP) is 2.43. The Balaban J connectivity index is 1.56. The molecule has 1 aromatic rings. The Labute approximate surface area is 150 Å². The summed E-state index contributed by atoms with van der Waals surface area (Å²) in [6.07, 6.45) is 2.42. The maximum Gasteiger partial charge on any atom is 0.251 e. The van der Waals surface area contributed by atoms with Gasteiger partial charge in [-0.1, -0.05) is 18.2 Å². The average Bonchev–Trinajstić information content (AvgIpc) is 2.59. The number of phenolic OH excluding ortho intramolecular Hbond substituents is 1. The fourth-order valence-electron chi connectivity index (χ4n) is 3.98. The molecule has 2 saturated heterocycles. The largest absolute Gasteiger partial charge is 0.508 e. The molecule has 0 bridgehead atoms. The number of likely N-dealkylation sites (tertiary alicyclic amines) is 1. The highest BCUT2D eigenvalue weighted by molar-refractivity contribution is 5.81. The Hall–Kier alpha value is -1.59. The van der Waals surface area contributed by atoms with Crippen LogP contribution in [-0.2, 0) is 16.0 Å². The maximum atomic E-state index is 12.3. The van der Waals surface area contributed by atoms with Gasteiger partial charge in [-0.15, -0.1) is 0 Å². The van der Waals surface area contributed by atoms with Crippen molar-refractivity contribution in [1.82, 2.24) is 9.80 Å². The van der Waals surface area contributed by atoms with Crippen molar-refractivity contribution in [2.75, 3.05) is 26.2 Å². The first-order valence-electron chi connectivity index (χ1n) is 9.38. The molecule has 5 nitrogen and oxygen atoms in total. The first-order valence-corrected chi connectivity index (χ1v) is 9.38. The van der Waals surface area contributed by atoms with Crippen LogP contribution in [0.25, 0.3) is 0 Å². The molecule has 0 aliphatic carbocycles. The van der Waals surface area contributed by atoms with Crippen molar-refractivity contribution in [2.45, 2.75) is 57.8 Å². The van der Waals surface area contributed by atoms with Crippen LogP contribution in [-0.4, -0.2) is 64.7 Å². The number of phenols is 1. The average molecular weight is 346 g/mol. The van der Waals surface area contributed by atoms with Crippen molar-refractivity contribution in [3.8, 4) is 5.75 Å². The molecule has 2 fully saturated rings. The summed E-state index contributed by atoms with van der Waals surface area (Å²) in [4.78, 5) is 16.7. The Morgan fingerprint density at radius 2 is 1.96 bits per heavy atom. The van der Waals surface area contributed by atoms with Gasteiger partial charge in [-0.05, 0) is 51.7 Å². The fourth-order valence-corrected chi connectivity index (χ4v) is 3.98. The summed E-state index contributed by atoms with van der Waals surface area (Å²) in [7, 11) is 0. The van der Waals surface area contributed by atoms with E-state index in [1.165, 1.54) is 0 Å². The van der Waals surface area contributed by atoms with E-state index in [-0.39, 0.29) is 23.7 Å². The monoisotopic (exact) mass is 346 g/mol. The van der Waals surface area contributed by atoms with Crippen molar-refractivity contribution in [1.29, 1.82) is 0 Å². The quantitative estimate of drug-likeness (QED) is 0.910. The second kappa shape index (κ2) is 7.34. The van der Waals surface area contributed by atoms with Crippen molar-refractivity contribution in [3.63, 3.8) is 0 Å². The van der Waals surface area contributed by atoms with Crippen LogP contribution in [0.1, 0.15) is 39.2 Å². The molecule has 0 saturated carbocycles. The Morgan fingerprint density at radius 3 is 2.60 bits per heavy atom. The van der Waals surface area contributed by atoms with E-state index in [9.17, 15) is 9.90 Å². The SMILES string of the molecule is CC1OC2(CCN(CCc3ccccc3O)CC2)CN(C(C)C)C1=O. The molecule has 5 heteroatoms.